The van der Waals surface area contributed by atoms with Gasteiger partial charge >= 0.3 is 6.09 Å². The van der Waals surface area contributed by atoms with Gasteiger partial charge in [-0.1, -0.05) is 19.0 Å². The molecule has 0 aromatic carbocycles. The second-order valence-corrected chi connectivity index (χ2v) is 5.01. The molecule has 94 valence electrons. The van der Waals surface area contributed by atoms with Crippen molar-refractivity contribution in [3.05, 3.63) is 4.91 Å². The van der Waals surface area contributed by atoms with Crippen molar-refractivity contribution in [1.29, 1.82) is 0 Å². The molecule has 0 radical (unpaired) electrons. The van der Waals surface area contributed by atoms with Gasteiger partial charge in [0, 0.05) is 0 Å². The quantitative estimate of drug-likeness (QED) is 0.346. The molecule has 0 aliphatic heterocycles. The van der Waals surface area contributed by atoms with Crippen molar-refractivity contribution < 1.29 is 9.53 Å². The van der Waals surface area contributed by atoms with Crippen LogP contribution < -0.4 is 5.84 Å². The van der Waals surface area contributed by atoms with Crippen molar-refractivity contribution in [1.82, 2.24) is 5.01 Å². The predicted octanol–water partition coefficient (Wildman–Crippen LogP) is 1.89. The largest absolute Gasteiger partial charge is 0.443 e. The summed E-state index contributed by atoms with van der Waals surface area (Å²) in [5, 5.41) is 3.72. The van der Waals surface area contributed by atoms with Gasteiger partial charge in [-0.25, -0.2) is 15.6 Å². The minimum absolute atomic E-state index is 0.0343. The molecule has 1 unspecified atom stereocenters. The van der Waals surface area contributed by atoms with Gasteiger partial charge in [0.15, 0.2) is 0 Å². The zero-order valence-electron chi connectivity index (χ0n) is 10.6. The van der Waals surface area contributed by atoms with E-state index < -0.39 is 17.7 Å². The van der Waals surface area contributed by atoms with E-state index in [2.05, 4.69) is 5.18 Å². The number of rotatable bonds is 4. The average Bonchev–Trinajstić information content (AvgIpc) is 2.09. The van der Waals surface area contributed by atoms with E-state index in [9.17, 15) is 9.70 Å². The van der Waals surface area contributed by atoms with E-state index in [0.717, 1.165) is 5.01 Å². The summed E-state index contributed by atoms with van der Waals surface area (Å²) in [5.41, 5.74) is -0.606. The van der Waals surface area contributed by atoms with Crippen molar-refractivity contribution in [3.63, 3.8) is 0 Å². The average molecular weight is 231 g/mol. The van der Waals surface area contributed by atoms with E-state index in [4.69, 9.17) is 10.6 Å². The second kappa shape index (κ2) is 5.79. The number of amides is 1. The molecule has 1 amide bonds. The van der Waals surface area contributed by atoms with Crippen LogP contribution in [0.5, 0.6) is 0 Å². The topological polar surface area (TPSA) is 85.0 Å². The minimum Gasteiger partial charge on any atom is -0.443 e. The molecule has 0 rings (SSSR count). The normalized spacial score (nSPS) is 13.4. The molecule has 0 bridgehead atoms. The smallest absolute Gasteiger partial charge is 0.424 e. The Morgan fingerprint density at radius 2 is 1.94 bits per heavy atom. The lowest BCUT2D eigenvalue weighted by atomic mass is 10.0. The van der Waals surface area contributed by atoms with Gasteiger partial charge in [0.1, 0.15) is 12.1 Å². The van der Waals surface area contributed by atoms with Gasteiger partial charge in [-0.05, 0) is 26.7 Å². The third-order valence-electron chi connectivity index (χ3n) is 1.99. The number of hydrogen-bond acceptors (Lipinski definition) is 5. The van der Waals surface area contributed by atoms with Crippen LogP contribution in [0.25, 0.3) is 0 Å². The van der Waals surface area contributed by atoms with Crippen molar-refractivity contribution in [3.8, 4) is 0 Å². The van der Waals surface area contributed by atoms with E-state index in [1.807, 2.05) is 13.8 Å². The fourth-order valence-electron chi connectivity index (χ4n) is 1.15. The molecule has 0 spiro atoms. The third-order valence-corrected chi connectivity index (χ3v) is 1.99. The van der Waals surface area contributed by atoms with E-state index in [1.54, 1.807) is 20.8 Å². The van der Waals surface area contributed by atoms with E-state index in [1.165, 1.54) is 0 Å². The van der Waals surface area contributed by atoms with Crippen LogP contribution in [0.2, 0.25) is 0 Å². The van der Waals surface area contributed by atoms with Gasteiger partial charge in [0.2, 0.25) is 0 Å². The number of hydrogen-bond donors (Lipinski definition) is 1. The minimum atomic E-state index is -0.644. The highest BCUT2D eigenvalue weighted by Crippen LogP contribution is 2.13. The summed E-state index contributed by atoms with van der Waals surface area (Å²) in [6, 6.07) is -0.438. The zero-order chi connectivity index (χ0) is 12.9. The SMILES string of the molecule is CC(C)C(CN=O)N(N)C(=O)OC(C)(C)C. The Morgan fingerprint density at radius 3 is 2.25 bits per heavy atom. The van der Waals surface area contributed by atoms with Gasteiger partial charge in [-0.2, -0.15) is 4.91 Å². The number of hydrazine groups is 1. The first-order valence-electron chi connectivity index (χ1n) is 5.25. The maximum absolute atomic E-state index is 11.6. The van der Waals surface area contributed by atoms with Crippen LogP contribution >= 0.6 is 0 Å². The van der Waals surface area contributed by atoms with Gasteiger partial charge in [-0.15, -0.1) is 0 Å². The molecule has 0 heterocycles. The van der Waals surface area contributed by atoms with E-state index in [0.29, 0.717) is 0 Å². The van der Waals surface area contributed by atoms with Crippen molar-refractivity contribution >= 4 is 6.09 Å². The molecule has 2 N–H and O–H groups in total. The lowest BCUT2D eigenvalue weighted by Crippen LogP contribution is -2.51. The van der Waals surface area contributed by atoms with Gasteiger partial charge in [0.25, 0.3) is 0 Å². The fourth-order valence-corrected chi connectivity index (χ4v) is 1.15. The molecule has 0 saturated carbocycles. The Bertz CT molecular complexity index is 248. The van der Waals surface area contributed by atoms with Crippen LogP contribution in [0, 0.1) is 10.8 Å². The molecular weight excluding hydrogens is 210 g/mol. The maximum Gasteiger partial charge on any atom is 0.424 e. The Hall–Kier alpha value is -1.17. The standard InChI is InChI=1S/C10H21N3O3/c1-7(2)8(6-12-15)13(11)9(14)16-10(3,4)5/h7-8H,6,11H2,1-5H3. The van der Waals surface area contributed by atoms with Gasteiger partial charge in [0.05, 0.1) is 6.04 Å². The van der Waals surface area contributed by atoms with Crippen LogP contribution in [0.1, 0.15) is 34.6 Å². The molecule has 6 heteroatoms. The molecule has 6 nitrogen and oxygen atoms in total. The van der Waals surface area contributed by atoms with Crippen LogP contribution in [0.3, 0.4) is 0 Å². The molecule has 0 fully saturated rings. The molecule has 16 heavy (non-hydrogen) atoms. The number of ether oxygens (including phenoxy) is 1. The summed E-state index contributed by atoms with van der Waals surface area (Å²) in [7, 11) is 0. The molecule has 1 atom stereocenters. The number of nitrogens with zero attached hydrogens (tertiary/aromatic N) is 2. The molecule has 0 aromatic heterocycles. The Kier molecular flexibility index (Phi) is 5.37. The first-order chi connectivity index (χ1) is 7.19. The molecule has 0 aromatic rings. The van der Waals surface area contributed by atoms with Crippen LogP contribution in [0.15, 0.2) is 5.18 Å². The molecule has 0 saturated heterocycles. The number of nitrogens with two attached hydrogens (primary N) is 1. The fraction of sp³-hybridized carbons (Fsp3) is 0.900. The Labute approximate surface area is 96.1 Å². The molecule has 0 aliphatic rings. The summed E-state index contributed by atoms with van der Waals surface area (Å²) >= 11 is 0. The summed E-state index contributed by atoms with van der Waals surface area (Å²) in [6.45, 7) is 8.94. The lowest BCUT2D eigenvalue weighted by Gasteiger charge is -2.30. The monoisotopic (exact) mass is 231 g/mol. The first-order valence-corrected chi connectivity index (χ1v) is 5.25. The van der Waals surface area contributed by atoms with Crippen molar-refractivity contribution in [2.75, 3.05) is 6.54 Å². The first kappa shape index (κ1) is 14.8. The number of carbonyl (C=O) groups is 1. The van der Waals surface area contributed by atoms with Crippen LogP contribution in [-0.4, -0.2) is 29.3 Å². The molecular formula is C10H21N3O3. The number of nitroso groups, excluding NO2 is 1. The zero-order valence-corrected chi connectivity index (χ0v) is 10.6. The van der Waals surface area contributed by atoms with Crippen molar-refractivity contribution in [2.45, 2.75) is 46.3 Å². The van der Waals surface area contributed by atoms with Gasteiger partial charge in [-0.3, -0.25) is 0 Å². The van der Waals surface area contributed by atoms with Crippen LogP contribution in [0.4, 0.5) is 4.79 Å². The summed E-state index contributed by atoms with van der Waals surface area (Å²) < 4.78 is 5.10. The van der Waals surface area contributed by atoms with E-state index >= 15 is 0 Å². The maximum atomic E-state index is 11.6. The van der Waals surface area contributed by atoms with E-state index in [-0.39, 0.29) is 12.5 Å². The highest BCUT2D eigenvalue weighted by Gasteiger charge is 2.28. The van der Waals surface area contributed by atoms with Crippen molar-refractivity contribution in [2.24, 2.45) is 16.9 Å². The highest BCUT2D eigenvalue weighted by atomic mass is 16.6. The number of carbonyl (C=O) groups excluding carboxylic acids is 1. The van der Waals surface area contributed by atoms with Crippen LogP contribution in [-0.2, 0) is 4.74 Å². The second-order valence-electron chi connectivity index (χ2n) is 5.01. The lowest BCUT2D eigenvalue weighted by molar-refractivity contribution is 0.0118. The Balaban J connectivity index is 4.55. The third kappa shape index (κ3) is 5.06. The summed E-state index contributed by atoms with van der Waals surface area (Å²) in [4.78, 5) is 21.9. The molecule has 0 aliphatic carbocycles. The summed E-state index contributed by atoms with van der Waals surface area (Å²) in [5.74, 6) is 5.65. The van der Waals surface area contributed by atoms with Gasteiger partial charge < -0.3 is 4.74 Å². The predicted molar refractivity (Wildman–Crippen MR) is 61.5 cm³/mol. The Morgan fingerprint density at radius 1 is 1.44 bits per heavy atom. The highest BCUT2D eigenvalue weighted by molar-refractivity contribution is 5.67. The summed E-state index contributed by atoms with van der Waals surface area (Å²) in [6.07, 6.45) is -0.644.